The number of carbonyl (C=O) groups is 1. The van der Waals surface area contributed by atoms with Crippen molar-refractivity contribution in [2.24, 2.45) is 11.3 Å². The van der Waals surface area contributed by atoms with Crippen molar-refractivity contribution in [1.82, 2.24) is 0 Å². The Balaban J connectivity index is 2.51. The van der Waals surface area contributed by atoms with Crippen molar-refractivity contribution in [3.8, 4) is 0 Å². The van der Waals surface area contributed by atoms with Gasteiger partial charge in [0.05, 0.1) is 17.3 Å². The third-order valence-electron chi connectivity index (χ3n) is 4.90. The molecule has 1 saturated carbocycles. The molecule has 2 rings (SSSR count). The summed E-state index contributed by atoms with van der Waals surface area (Å²) in [6.45, 7) is 6.75. The summed E-state index contributed by atoms with van der Waals surface area (Å²) < 4.78 is 0. The lowest BCUT2D eigenvalue weighted by atomic mass is 9.54. The average Bonchev–Trinajstić information content (AvgIpc) is 2.21. The Kier molecular flexibility index (Phi) is 3.20. The van der Waals surface area contributed by atoms with Crippen LogP contribution in [0.15, 0.2) is 11.6 Å². The van der Waals surface area contributed by atoms with Gasteiger partial charge in [-0.1, -0.05) is 13.0 Å². The van der Waals surface area contributed by atoms with Gasteiger partial charge >= 0.3 is 0 Å². The van der Waals surface area contributed by atoms with E-state index < -0.39 is 17.3 Å². The van der Waals surface area contributed by atoms with Crippen LogP contribution in [-0.2, 0) is 4.79 Å². The molecule has 0 heterocycles. The highest BCUT2D eigenvalue weighted by Gasteiger charge is 2.55. The van der Waals surface area contributed by atoms with Crippen molar-refractivity contribution in [3.05, 3.63) is 11.6 Å². The van der Waals surface area contributed by atoms with Gasteiger partial charge in [-0.15, -0.1) is 0 Å². The molecule has 0 saturated heterocycles. The molecule has 4 unspecified atom stereocenters. The summed E-state index contributed by atoms with van der Waals surface area (Å²) in [7, 11) is 0. The molecule has 4 heteroatoms. The van der Waals surface area contributed by atoms with Crippen LogP contribution >= 0.6 is 0 Å². The zero-order chi connectivity index (χ0) is 14.6. The molecule has 1 fully saturated rings. The van der Waals surface area contributed by atoms with E-state index in [-0.39, 0.29) is 17.1 Å². The number of rotatable bonds is 1. The molecule has 108 valence electrons. The normalized spacial score (nSPS) is 43.7. The van der Waals surface area contributed by atoms with Gasteiger partial charge in [0.1, 0.15) is 0 Å². The summed E-state index contributed by atoms with van der Waals surface area (Å²) in [6, 6.07) is 0. The van der Waals surface area contributed by atoms with E-state index >= 15 is 0 Å². The fourth-order valence-electron chi connectivity index (χ4n) is 3.66. The Morgan fingerprint density at radius 1 is 1.37 bits per heavy atom. The number of Topliss-reactive ketones (excluding diaryl/α,β-unsaturated/α-hetero) is 1. The lowest BCUT2D eigenvalue weighted by molar-refractivity contribution is -0.160. The van der Waals surface area contributed by atoms with Crippen LogP contribution in [0.1, 0.15) is 47.0 Å². The predicted octanol–water partition coefficient (Wildman–Crippen LogP) is 1.18. The Bertz CT molecular complexity index is 430. The molecule has 0 aromatic carbocycles. The number of fused-ring (bicyclic) bond motifs is 1. The van der Waals surface area contributed by atoms with Crippen LogP contribution in [0.25, 0.3) is 0 Å². The van der Waals surface area contributed by atoms with Crippen molar-refractivity contribution in [1.29, 1.82) is 0 Å². The van der Waals surface area contributed by atoms with E-state index in [0.29, 0.717) is 24.8 Å². The van der Waals surface area contributed by atoms with Crippen LogP contribution in [0.5, 0.6) is 0 Å². The maximum Gasteiger partial charge on any atom is 0.161 e. The smallest absolute Gasteiger partial charge is 0.161 e. The number of hydrogen-bond acceptors (Lipinski definition) is 4. The van der Waals surface area contributed by atoms with Gasteiger partial charge in [-0.3, -0.25) is 4.79 Å². The van der Waals surface area contributed by atoms with E-state index in [1.165, 1.54) is 0 Å². The highest BCUT2D eigenvalue weighted by atomic mass is 16.3. The highest BCUT2D eigenvalue weighted by molar-refractivity contribution is 5.98. The molecule has 0 aromatic heterocycles. The predicted molar refractivity (Wildman–Crippen MR) is 71.5 cm³/mol. The molecule has 0 spiro atoms. The molecule has 0 bridgehead atoms. The van der Waals surface area contributed by atoms with Crippen molar-refractivity contribution in [3.63, 3.8) is 0 Å². The average molecular weight is 268 g/mol. The largest absolute Gasteiger partial charge is 0.390 e. The van der Waals surface area contributed by atoms with E-state index in [1.807, 2.05) is 6.92 Å². The van der Waals surface area contributed by atoms with Crippen LogP contribution < -0.4 is 0 Å². The summed E-state index contributed by atoms with van der Waals surface area (Å²) in [4.78, 5) is 12.2. The monoisotopic (exact) mass is 268 g/mol. The molecule has 0 aliphatic heterocycles. The Labute approximate surface area is 114 Å². The first-order valence-electron chi connectivity index (χ1n) is 6.87. The molecule has 2 aliphatic rings. The molecule has 2 aliphatic carbocycles. The Morgan fingerprint density at radius 3 is 2.47 bits per heavy atom. The van der Waals surface area contributed by atoms with Crippen molar-refractivity contribution in [2.75, 3.05) is 0 Å². The fraction of sp³-hybridized carbons (Fsp3) is 0.800. The van der Waals surface area contributed by atoms with Crippen molar-refractivity contribution < 1.29 is 20.1 Å². The SMILES string of the molecule is CC(C)(O)C1=CC2C(C)(CCC(O)C2(C)O)CC1=O. The van der Waals surface area contributed by atoms with Crippen molar-refractivity contribution >= 4 is 5.78 Å². The van der Waals surface area contributed by atoms with Gasteiger partial charge in [0.15, 0.2) is 5.78 Å². The maximum absolute atomic E-state index is 12.2. The number of carbonyl (C=O) groups excluding carboxylic acids is 1. The Morgan fingerprint density at radius 2 is 1.95 bits per heavy atom. The maximum atomic E-state index is 12.2. The lowest BCUT2D eigenvalue weighted by Gasteiger charge is -2.53. The summed E-state index contributed by atoms with van der Waals surface area (Å²) in [5.74, 6) is -0.374. The summed E-state index contributed by atoms with van der Waals surface area (Å²) in [6.07, 6.45) is 2.41. The van der Waals surface area contributed by atoms with Gasteiger partial charge in [0.25, 0.3) is 0 Å². The summed E-state index contributed by atoms with van der Waals surface area (Å²) >= 11 is 0. The summed E-state index contributed by atoms with van der Waals surface area (Å²) in [5.41, 5.74) is -2.46. The minimum Gasteiger partial charge on any atom is -0.390 e. The fourth-order valence-corrected chi connectivity index (χ4v) is 3.66. The summed E-state index contributed by atoms with van der Waals surface area (Å²) in [5, 5.41) is 30.7. The topological polar surface area (TPSA) is 77.8 Å². The first-order valence-corrected chi connectivity index (χ1v) is 6.87. The zero-order valence-corrected chi connectivity index (χ0v) is 12.1. The second-order valence-corrected chi connectivity index (χ2v) is 7.15. The second kappa shape index (κ2) is 4.14. The number of aliphatic hydroxyl groups is 3. The first-order chi connectivity index (χ1) is 8.48. The molecular weight excluding hydrogens is 244 g/mol. The van der Waals surface area contributed by atoms with Crippen LogP contribution in [0.3, 0.4) is 0 Å². The number of aliphatic hydroxyl groups excluding tert-OH is 1. The van der Waals surface area contributed by atoms with Gasteiger partial charge in [0.2, 0.25) is 0 Å². The minimum absolute atomic E-state index is 0.0570. The molecule has 0 radical (unpaired) electrons. The second-order valence-electron chi connectivity index (χ2n) is 7.15. The van der Waals surface area contributed by atoms with Crippen LogP contribution in [0, 0.1) is 11.3 Å². The first kappa shape index (κ1) is 14.7. The molecule has 0 amide bonds. The van der Waals surface area contributed by atoms with E-state index in [9.17, 15) is 20.1 Å². The Hall–Kier alpha value is -0.710. The molecule has 4 nitrogen and oxygen atoms in total. The number of ketones is 1. The zero-order valence-electron chi connectivity index (χ0n) is 12.1. The quantitative estimate of drug-likeness (QED) is 0.667. The number of hydrogen-bond donors (Lipinski definition) is 3. The van der Waals surface area contributed by atoms with E-state index in [2.05, 4.69) is 0 Å². The van der Waals surface area contributed by atoms with E-state index in [1.54, 1.807) is 26.8 Å². The molecular formula is C15H24O4. The van der Waals surface area contributed by atoms with Gasteiger partial charge < -0.3 is 15.3 Å². The standard InChI is InChI=1S/C15H24O4/c1-13(2,18)9-7-11-14(3,8-10(9)16)6-5-12(17)15(11,4)19/h7,11-12,17-19H,5-6,8H2,1-4H3. The van der Waals surface area contributed by atoms with Gasteiger partial charge in [0, 0.05) is 17.9 Å². The van der Waals surface area contributed by atoms with Crippen LogP contribution in [-0.4, -0.2) is 38.4 Å². The molecule has 0 aromatic rings. The van der Waals surface area contributed by atoms with Gasteiger partial charge in [-0.25, -0.2) is 0 Å². The van der Waals surface area contributed by atoms with Crippen LogP contribution in [0.2, 0.25) is 0 Å². The van der Waals surface area contributed by atoms with Crippen LogP contribution in [0.4, 0.5) is 0 Å². The third kappa shape index (κ3) is 2.26. The molecule has 4 atom stereocenters. The highest BCUT2D eigenvalue weighted by Crippen LogP contribution is 2.53. The lowest BCUT2D eigenvalue weighted by Crippen LogP contribution is -2.58. The van der Waals surface area contributed by atoms with Gasteiger partial charge in [-0.05, 0) is 39.0 Å². The van der Waals surface area contributed by atoms with Crippen molar-refractivity contribution in [2.45, 2.75) is 64.3 Å². The third-order valence-corrected chi connectivity index (χ3v) is 4.90. The minimum atomic E-state index is -1.26. The van der Waals surface area contributed by atoms with E-state index in [4.69, 9.17) is 0 Å². The molecule has 3 N–H and O–H groups in total. The van der Waals surface area contributed by atoms with Gasteiger partial charge in [-0.2, -0.15) is 0 Å². The molecule has 19 heavy (non-hydrogen) atoms. The van der Waals surface area contributed by atoms with E-state index in [0.717, 1.165) is 0 Å².